The average molecular weight is 371 g/mol. The van der Waals surface area contributed by atoms with Crippen molar-refractivity contribution in [3.05, 3.63) is 21.8 Å². The van der Waals surface area contributed by atoms with Crippen LogP contribution in [0.15, 0.2) is 20.4 Å². The van der Waals surface area contributed by atoms with Gasteiger partial charge in [-0.1, -0.05) is 5.16 Å². The predicted octanol–water partition coefficient (Wildman–Crippen LogP) is 3.09. The van der Waals surface area contributed by atoms with Crippen molar-refractivity contribution in [2.24, 2.45) is 0 Å². The van der Waals surface area contributed by atoms with Crippen molar-refractivity contribution in [3.8, 4) is 10.7 Å². The summed E-state index contributed by atoms with van der Waals surface area (Å²) in [4.78, 5) is 10.2. The minimum Gasteiger partial charge on any atom is -0.338 e. The highest BCUT2D eigenvalue weighted by Crippen LogP contribution is 2.29. The maximum Gasteiger partial charge on any atom is 0.241 e. The molecule has 0 spiro atoms. The molecule has 7 heteroatoms. The first-order valence-electron chi connectivity index (χ1n) is 7.09. The Kier molecular flexibility index (Phi) is 4.73. The molecule has 1 fully saturated rings. The van der Waals surface area contributed by atoms with Crippen molar-refractivity contribution in [2.75, 3.05) is 27.2 Å². The highest BCUT2D eigenvalue weighted by atomic mass is 79.9. The lowest BCUT2D eigenvalue weighted by Gasteiger charge is -2.35. The molecule has 0 saturated carbocycles. The van der Waals surface area contributed by atoms with E-state index in [1.165, 1.54) is 12.8 Å². The van der Waals surface area contributed by atoms with Gasteiger partial charge in [0.05, 0.1) is 15.2 Å². The van der Waals surface area contributed by atoms with E-state index < -0.39 is 0 Å². The first-order valence-corrected chi connectivity index (χ1v) is 8.70. The molecule has 0 aliphatic carbocycles. The quantitative estimate of drug-likeness (QED) is 0.827. The van der Waals surface area contributed by atoms with E-state index in [2.05, 4.69) is 50.0 Å². The fourth-order valence-electron chi connectivity index (χ4n) is 2.64. The van der Waals surface area contributed by atoms with Crippen LogP contribution in [0.1, 0.15) is 18.7 Å². The van der Waals surface area contributed by atoms with Crippen molar-refractivity contribution in [2.45, 2.75) is 25.4 Å². The van der Waals surface area contributed by atoms with E-state index in [-0.39, 0.29) is 0 Å². The topological polar surface area (TPSA) is 45.4 Å². The third-order valence-electron chi connectivity index (χ3n) is 3.83. The highest BCUT2D eigenvalue weighted by Gasteiger charge is 2.23. The summed E-state index contributed by atoms with van der Waals surface area (Å²) in [5.74, 6) is 1.38. The molecule has 1 aliphatic heterocycles. The molecular formula is C14H19BrN4OS. The number of aromatic nitrogens is 2. The van der Waals surface area contributed by atoms with Crippen LogP contribution in [0.25, 0.3) is 10.7 Å². The molecule has 3 heterocycles. The molecule has 114 valence electrons. The highest BCUT2D eigenvalue weighted by molar-refractivity contribution is 9.11. The number of hydrogen-bond donors (Lipinski definition) is 0. The van der Waals surface area contributed by atoms with Crippen molar-refractivity contribution in [1.82, 2.24) is 19.9 Å². The lowest BCUT2D eigenvalue weighted by atomic mass is 10.1. The standard InChI is InChI=1S/C14H19BrN4OS/c1-18(2)10-4-3-7-19(8-10)9-13-16-14(17-20-13)11-5-6-12(15)21-11/h5-6,10H,3-4,7-9H2,1-2H3. The number of piperidine rings is 1. The maximum absolute atomic E-state index is 5.40. The molecule has 1 aliphatic rings. The lowest BCUT2D eigenvalue weighted by molar-refractivity contribution is 0.117. The van der Waals surface area contributed by atoms with Crippen LogP contribution >= 0.6 is 27.3 Å². The average Bonchev–Trinajstić information content (AvgIpc) is 3.08. The number of halogens is 1. The second kappa shape index (κ2) is 6.56. The van der Waals surface area contributed by atoms with Gasteiger partial charge in [-0.25, -0.2) is 0 Å². The Bertz CT molecular complexity index is 597. The summed E-state index contributed by atoms with van der Waals surface area (Å²) in [6.07, 6.45) is 2.49. The molecule has 0 aromatic carbocycles. The summed E-state index contributed by atoms with van der Waals surface area (Å²) in [6.45, 7) is 2.91. The molecule has 1 atom stereocenters. The number of hydrogen-bond acceptors (Lipinski definition) is 6. The van der Waals surface area contributed by atoms with Crippen LogP contribution < -0.4 is 0 Å². The molecular weight excluding hydrogens is 352 g/mol. The summed E-state index contributed by atoms with van der Waals surface area (Å²) in [5.41, 5.74) is 0. The van der Waals surface area contributed by atoms with Gasteiger partial charge in [-0.2, -0.15) is 4.98 Å². The van der Waals surface area contributed by atoms with Gasteiger partial charge in [0.15, 0.2) is 0 Å². The zero-order chi connectivity index (χ0) is 14.8. The van der Waals surface area contributed by atoms with Gasteiger partial charge in [-0.05, 0) is 61.5 Å². The molecule has 1 saturated heterocycles. The van der Waals surface area contributed by atoms with E-state index in [0.29, 0.717) is 17.8 Å². The molecule has 0 radical (unpaired) electrons. The second-order valence-electron chi connectivity index (χ2n) is 5.61. The normalized spacial score (nSPS) is 20.3. The van der Waals surface area contributed by atoms with Gasteiger partial charge in [0, 0.05) is 12.6 Å². The summed E-state index contributed by atoms with van der Waals surface area (Å²) in [7, 11) is 4.29. The van der Waals surface area contributed by atoms with Crippen LogP contribution in [0.3, 0.4) is 0 Å². The van der Waals surface area contributed by atoms with Gasteiger partial charge in [0.25, 0.3) is 0 Å². The fraction of sp³-hybridized carbons (Fsp3) is 0.571. The zero-order valence-electron chi connectivity index (χ0n) is 12.3. The van der Waals surface area contributed by atoms with Gasteiger partial charge >= 0.3 is 0 Å². The Morgan fingerprint density at radius 2 is 2.33 bits per heavy atom. The number of likely N-dealkylation sites (N-methyl/N-ethyl adjacent to an activating group) is 1. The Hall–Kier alpha value is -0.760. The summed E-state index contributed by atoms with van der Waals surface area (Å²) in [6, 6.07) is 4.63. The van der Waals surface area contributed by atoms with Crippen LogP contribution in [0, 0.1) is 0 Å². The molecule has 0 bridgehead atoms. The third-order valence-corrected chi connectivity index (χ3v) is 5.45. The van der Waals surface area contributed by atoms with Gasteiger partial charge in [0.2, 0.25) is 11.7 Å². The van der Waals surface area contributed by atoms with Crippen LogP contribution in [0.5, 0.6) is 0 Å². The van der Waals surface area contributed by atoms with Crippen LogP contribution in [0.2, 0.25) is 0 Å². The van der Waals surface area contributed by atoms with Crippen molar-refractivity contribution >= 4 is 27.3 Å². The van der Waals surface area contributed by atoms with Gasteiger partial charge in [0.1, 0.15) is 0 Å². The van der Waals surface area contributed by atoms with Gasteiger partial charge in [-0.15, -0.1) is 11.3 Å². The lowest BCUT2D eigenvalue weighted by Crippen LogP contribution is -2.44. The smallest absolute Gasteiger partial charge is 0.241 e. The number of rotatable bonds is 4. The Labute approximate surface area is 137 Å². The molecule has 0 N–H and O–H groups in total. The molecule has 2 aromatic rings. The minimum atomic E-state index is 0.620. The monoisotopic (exact) mass is 370 g/mol. The maximum atomic E-state index is 5.40. The molecule has 1 unspecified atom stereocenters. The van der Waals surface area contributed by atoms with E-state index in [4.69, 9.17) is 4.52 Å². The van der Waals surface area contributed by atoms with Crippen molar-refractivity contribution in [1.29, 1.82) is 0 Å². The minimum absolute atomic E-state index is 0.620. The van der Waals surface area contributed by atoms with Crippen LogP contribution in [-0.2, 0) is 6.54 Å². The molecule has 3 rings (SSSR count). The van der Waals surface area contributed by atoms with Crippen molar-refractivity contribution in [3.63, 3.8) is 0 Å². The SMILES string of the molecule is CN(C)C1CCCN(Cc2nc(-c3ccc(Br)s3)no2)C1. The Morgan fingerprint density at radius 1 is 1.48 bits per heavy atom. The number of thiophene rings is 1. The molecule has 0 amide bonds. The summed E-state index contributed by atoms with van der Waals surface area (Å²) >= 11 is 5.07. The Morgan fingerprint density at radius 3 is 3.05 bits per heavy atom. The van der Waals surface area contributed by atoms with E-state index in [1.54, 1.807) is 11.3 Å². The fourth-order valence-corrected chi connectivity index (χ4v) is 3.95. The van der Waals surface area contributed by atoms with Gasteiger partial charge < -0.3 is 9.42 Å². The second-order valence-corrected chi connectivity index (χ2v) is 8.07. The van der Waals surface area contributed by atoms with E-state index in [9.17, 15) is 0 Å². The summed E-state index contributed by atoms with van der Waals surface area (Å²) < 4.78 is 6.48. The zero-order valence-corrected chi connectivity index (χ0v) is 14.7. The number of nitrogens with zero attached hydrogens (tertiary/aromatic N) is 4. The first kappa shape index (κ1) is 15.1. The van der Waals surface area contributed by atoms with E-state index in [0.717, 1.165) is 28.3 Å². The van der Waals surface area contributed by atoms with E-state index >= 15 is 0 Å². The largest absolute Gasteiger partial charge is 0.338 e. The molecule has 5 nitrogen and oxygen atoms in total. The third kappa shape index (κ3) is 3.71. The first-order chi connectivity index (χ1) is 10.1. The predicted molar refractivity (Wildman–Crippen MR) is 87.3 cm³/mol. The van der Waals surface area contributed by atoms with E-state index in [1.807, 2.05) is 12.1 Å². The van der Waals surface area contributed by atoms with Crippen LogP contribution in [0.4, 0.5) is 0 Å². The van der Waals surface area contributed by atoms with Crippen LogP contribution in [-0.4, -0.2) is 53.2 Å². The Balaban J connectivity index is 1.64. The number of likely N-dealkylation sites (tertiary alicyclic amines) is 1. The van der Waals surface area contributed by atoms with Crippen molar-refractivity contribution < 1.29 is 4.52 Å². The van der Waals surface area contributed by atoms with Gasteiger partial charge in [-0.3, -0.25) is 4.90 Å². The summed E-state index contributed by atoms with van der Waals surface area (Å²) in [5, 5.41) is 4.09. The molecule has 2 aromatic heterocycles. The molecule has 21 heavy (non-hydrogen) atoms.